The molecule has 3 rings (SSSR count). The van der Waals surface area contributed by atoms with E-state index in [1.165, 1.54) is 10.9 Å². The van der Waals surface area contributed by atoms with Crippen molar-refractivity contribution in [2.45, 2.75) is 51.6 Å². The number of nitrogens with zero attached hydrogens (tertiary/aromatic N) is 4. The highest BCUT2D eigenvalue weighted by molar-refractivity contribution is 5.63. The van der Waals surface area contributed by atoms with Gasteiger partial charge in [-0.25, -0.2) is 14.5 Å². The normalized spacial score (nSPS) is 13.3. The van der Waals surface area contributed by atoms with Gasteiger partial charge in [-0.15, -0.1) is 5.10 Å². The maximum Gasteiger partial charge on any atom is 0.218 e. The maximum absolute atomic E-state index is 10.4. The molecule has 0 aliphatic carbocycles. The number of nitrogen functional groups attached to an aromatic ring is 1. The zero-order valence-corrected chi connectivity index (χ0v) is 15.1. The Kier molecular flexibility index (Phi) is 5.24. The largest absolute Gasteiger partial charge is 0.461 e. The summed E-state index contributed by atoms with van der Waals surface area (Å²) in [6.45, 7) is 3.88. The van der Waals surface area contributed by atoms with E-state index in [0.717, 1.165) is 19.3 Å². The highest BCUT2D eigenvalue weighted by Crippen LogP contribution is 2.19. The first-order valence-electron chi connectivity index (χ1n) is 8.81. The van der Waals surface area contributed by atoms with Crippen molar-refractivity contribution in [1.29, 1.82) is 0 Å². The molecule has 0 aliphatic heterocycles. The summed E-state index contributed by atoms with van der Waals surface area (Å²) in [6, 6.07) is 3.54. The van der Waals surface area contributed by atoms with Crippen LogP contribution in [0.15, 0.2) is 29.0 Å². The molecule has 136 valence electrons. The van der Waals surface area contributed by atoms with Crippen molar-refractivity contribution in [1.82, 2.24) is 19.6 Å². The minimum atomic E-state index is -1.05. The van der Waals surface area contributed by atoms with Crippen LogP contribution in [0.5, 0.6) is 0 Å². The molecule has 26 heavy (non-hydrogen) atoms. The van der Waals surface area contributed by atoms with Gasteiger partial charge in [0.05, 0.1) is 12.5 Å². The summed E-state index contributed by atoms with van der Waals surface area (Å²) in [5, 5.41) is 14.8. The Labute approximate surface area is 152 Å². The third-order valence-corrected chi connectivity index (χ3v) is 4.06. The lowest BCUT2D eigenvalue weighted by Gasteiger charge is -2.15. The number of furan rings is 1. The highest BCUT2D eigenvalue weighted by atomic mass is 16.3. The van der Waals surface area contributed by atoms with E-state index in [-0.39, 0.29) is 5.82 Å². The summed E-state index contributed by atoms with van der Waals surface area (Å²) in [7, 11) is 0. The van der Waals surface area contributed by atoms with E-state index in [9.17, 15) is 5.11 Å². The van der Waals surface area contributed by atoms with Gasteiger partial charge in [0.1, 0.15) is 11.3 Å². The van der Waals surface area contributed by atoms with Crippen LogP contribution in [0.1, 0.15) is 51.6 Å². The fourth-order valence-electron chi connectivity index (χ4n) is 2.64. The number of anilines is 1. The van der Waals surface area contributed by atoms with Crippen molar-refractivity contribution in [2.24, 2.45) is 0 Å². The molecule has 1 atom stereocenters. The molecule has 0 bridgehead atoms. The SMILES string of the molecule is CCCCCCC(C)(O)C#Cc1cn2nc(-c3ccco3)nc2c(N)n1. The summed E-state index contributed by atoms with van der Waals surface area (Å²) in [5.41, 5.74) is 5.80. The number of aromatic nitrogens is 4. The molecule has 7 heteroatoms. The van der Waals surface area contributed by atoms with Crippen LogP contribution in [-0.2, 0) is 0 Å². The predicted molar refractivity (Wildman–Crippen MR) is 99.2 cm³/mol. The Balaban J connectivity index is 1.81. The van der Waals surface area contributed by atoms with Crippen molar-refractivity contribution in [2.75, 3.05) is 5.73 Å². The van der Waals surface area contributed by atoms with Crippen LogP contribution in [0.2, 0.25) is 0 Å². The molecule has 0 amide bonds. The summed E-state index contributed by atoms with van der Waals surface area (Å²) < 4.78 is 6.83. The molecule has 0 fully saturated rings. The van der Waals surface area contributed by atoms with Gasteiger partial charge in [0.15, 0.2) is 17.2 Å². The number of hydrogen-bond donors (Lipinski definition) is 2. The van der Waals surface area contributed by atoms with Gasteiger partial charge in [-0.05, 0) is 37.8 Å². The van der Waals surface area contributed by atoms with Gasteiger partial charge >= 0.3 is 0 Å². The van der Waals surface area contributed by atoms with Crippen LogP contribution in [0.4, 0.5) is 5.82 Å². The summed E-state index contributed by atoms with van der Waals surface area (Å²) in [4.78, 5) is 8.58. The number of hydrogen-bond acceptors (Lipinski definition) is 6. The van der Waals surface area contributed by atoms with Crippen molar-refractivity contribution in [3.8, 4) is 23.4 Å². The molecule has 3 N–H and O–H groups in total. The zero-order valence-electron chi connectivity index (χ0n) is 15.1. The molecule has 0 aliphatic rings. The first-order valence-corrected chi connectivity index (χ1v) is 8.81. The minimum absolute atomic E-state index is 0.227. The minimum Gasteiger partial charge on any atom is -0.461 e. The molecular weight excluding hydrogens is 330 g/mol. The molecule has 3 aromatic rings. The smallest absolute Gasteiger partial charge is 0.218 e. The Morgan fingerprint density at radius 1 is 1.31 bits per heavy atom. The zero-order chi connectivity index (χ0) is 18.6. The Morgan fingerprint density at radius 3 is 2.88 bits per heavy atom. The number of fused-ring (bicyclic) bond motifs is 1. The van der Waals surface area contributed by atoms with Gasteiger partial charge in [-0.3, -0.25) is 0 Å². The van der Waals surface area contributed by atoms with Gasteiger partial charge in [-0.2, -0.15) is 0 Å². The molecular formula is C19H23N5O2. The van der Waals surface area contributed by atoms with E-state index >= 15 is 0 Å². The second kappa shape index (κ2) is 7.58. The molecule has 0 saturated carbocycles. The van der Waals surface area contributed by atoms with Crippen molar-refractivity contribution >= 4 is 11.5 Å². The lowest BCUT2D eigenvalue weighted by atomic mass is 9.98. The molecule has 0 aromatic carbocycles. The fraction of sp³-hybridized carbons (Fsp3) is 0.421. The van der Waals surface area contributed by atoms with E-state index < -0.39 is 5.60 Å². The van der Waals surface area contributed by atoms with Crippen LogP contribution < -0.4 is 5.73 Å². The lowest BCUT2D eigenvalue weighted by molar-refractivity contribution is 0.109. The average Bonchev–Trinajstić information content (AvgIpc) is 3.26. The number of unbranched alkanes of at least 4 members (excludes halogenated alkanes) is 3. The van der Waals surface area contributed by atoms with Gasteiger partial charge in [0, 0.05) is 0 Å². The summed E-state index contributed by atoms with van der Waals surface area (Å²) in [5.74, 6) is 6.99. The molecule has 3 aromatic heterocycles. The lowest BCUT2D eigenvalue weighted by Crippen LogP contribution is -2.21. The molecule has 1 unspecified atom stereocenters. The Bertz CT molecular complexity index is 932. The summed E-state index contributed by atoms with van der Waals surface area (Å²) in [6.07, 6.45) is 8.20. The van der Waals surface area contributed by atoms with E-state index in [2.05, 4.69) is 33.8 Å². The highest BCUT2D eigenvalue weighted by Gasteiger charge is 2.16. The van der Waals surface area contributed by atoms with E-state index in [4.69, 9.17) is 10.2 Å². The number of nitrogens with two attached hydrogens (primary N) is 1. The topological polar surface area (TPSA) is 102 Å². The van der Waals surface area contributed by atoms with Gasteiger partial charge in [0.25, 0.3) is 0 Å². The fourth-order valence-corrected chi connectivity index (χ4v) is 2.64. The van der Waals surface area contributed by atoms with Crippen LogP contribution in [0.25, 0.3) is 17.2 Å². The molecule has 0 saturated heterocycles. The van der Waals surface area contributed by atoms with Crippen LogP contribution in [0.3, 0.4) is 0 Å². The van der Waals surface area contributed by atoms with Gasteiger partial charge in [-0.1, -0.05) is 32.1 Å². The number of rotatable bonds is 6. The quantitative estimate of drug-likeness (QED) is 0.521. The van der Waals surface area contributed by atoms with Crippen LogP contribution >= 0.6 is 0 Å². The van der Waals surface area contributed by atoms with Crippen molar-refractivity contribution in [3.05, 3.63) is 30.3 Å². The second-order valence-electron chi connectivity index (χ2n) is 6.53. The maximum atomic E-state index is 10.4. The van der Waals surface area contributed by atoms with Crippen molar-refractivity contribution in [3.63, 3.8) is 0 Å². The third kappa shape index (κ3) is 4.21. The molecule has 7 nitrogen and oxygen atoms in total. The van der Waals surface area contributed by atoms with Gasteiger partial charge in [0.2, 0.25) is 5.82 Å². The van der Waals surface area contributed by atoms with Gasteiger partial charge < -0.3 is 15.3 Å². The van der Waals surface area contributed by atoms with E-state index in [0.29, 0.717) is 29.3 Å². The predicted octanol–water partition coefficient (Wildman–Crippen LogP) is 3.04. The number of aliphatic hydroxyl groups is 1. The molecule has 0 spiro atoms. The molecule has 3 heterocycles. The Hall–Kier alpha value is -2.85. The van der Waals surface area contributed by atoms with Crippen LogP contribution in [-0.4, -0.2) is 30.3 Å². The first-order chi connectivity index (χ1) is 12.5. The van der Waals surface area contributed by atoms with E-state index in [1.54, 1.807) is 31.5 Å². The van der Waals surface area contributed by atoms with Crippen LogP contribution in [0, 0.1) is 11.8 Å². The first kappa shape index (κ1) is 18.0. The second-order valence-corrected chi connectivity index (χ2v) is 6.53. The standard InChI is InChI=1S/C19H23N5O2/c1-3-4-5-6-10-19(2,25)11-9-14-13-24-18(16(20)21-14)22-17(23-24)15-8-7-12-26-15/h7-8,12-13,25H,3-6,10H2,1-2H3,(H2,20,21). The average molecular weight is 353 g/mol. The van der Waals surface area contributed by atoms with Crippen molar-refractivity contribution < 1.29 is 9.52 Å². The third-order valence-electron chi connectivity index (χ3n) is 4.06. The molecule has 0 radical (unpaired) electrons. The summed E-state index contributed by atoms with van der Waals surface area (Å²) >= 11 is 0. The monoisotopic (exact) mass is 353 g/mol. The Morgan fingerprint density at radius 2 is 2.15 bits per heavy atom. The van der Waals surface area contributed by atoms with E-state index in [1.807, 2.05) is 0 Å².